The number of amides is 3. The van der Waals surface area contributed by atoms with Crippen LogP contribution < -0.4 is 15.5 Å². The van der Waals surface area contributed by atoms with E-state index in [2.05, 4.69) is 10.6 Å². The summed E-state index contributed by atoms with van der Waals surface area (Å²) in [5, 5.41) is 6.25. The Morgan fingerprint density at radius 2 is 1.59 bits per heavy atom. The van der Waals surface area contributed by atoms with Crippen LogP contribution in [0.3, 0.4) is 0 Å². The number of imide groups is 1. The SMILES string of the molecule is O=C(NC1CCCCC1)c1cccc(NC2=C(Cl)C(=O)N(c3cc(Cl)cc(Cl)c3)C2=O)c1. The van der Waals surface area contributed by atoms with Gasteiger partial charge in [0.25, 0.3) is 17.7 Å². The smallest absolute Gasteiger partial charge is 0.283 e. The van der Waals surface area contributed by atoms with E-state index in [1.165, 1.54) is 24.6 Å². The number of rotatable bonds is 5. The molecule has 0 unspecified atom stereocenters. The average molecular weight is 493 g/mol. The summed E-state index contributed by atoms with van der Waals surface area (Å²) in [6.07, 6.45) is 5.39. The molecular formula is C23H20Cl3N3O3. The van der Waals surface area contributed by atoms with E-state index < -0.39 is 11.8 Å². The number of halogens is 3. The van der Waals surface area contributed by atoms with E-state index in [0.29, 0.717) is 11.3 Å². The highest BCUT2D eigenvalue weighted by atomic mass is 35.5. The second kappa shape index (κ2) is 9.53. The molecule has 0 radical (unpaired) electrons. The van der Waals surface area contributed by atoms with Gasteiger partial charge in [-0.05, 0) is 49.2 Å². The topological polar surface area (TPSA) is 78.5 Å². The van der Waals surface area contributed by atoms with Crippen molar-refractivity contribution in [3.05, 3.63) is 68.8 Å². The van der Waals surface area contributed by atoms with E-state index in [-0.39, 0.29) is 38.4 Å². The lowest BCUT2D eigenvalue weighted by Crippen LogP contribution is -2.36. The van der Waals surface area contributed by atoms with Crippen LogP contribution in [-0.2, 0) is 9.59 Å². The van der Waals surface area contributed by atoms with Crippen molar-refractivity contribution >= 4 is 63.9 Å². The third kappa shape index (κ3) is 4.77. The Morgan fingerprint density at radius 1 is 0.906 bits per heavy atom. The molecule has 2 aromatic carbocycles. The monoisotopic (exact) mass is 491 g/mol. The minimum atomic E-state index is -0.691. The standard InChI is InChI=1S/C23H20Cl3N3O3/c24-14-10-15(25)12-18(11-14)29-22(31)19(26)20(23(29)32)27-17-8-4-5-13(9-17)21(30)28-16-6-2-1-3-7-16/h4-5,8-12,16,27H,1-3,6-7H2,(H,28,30). The Kier molecular flexibility index (Phi) is 6.74. The number of nitrogens with zero attached hydrogens (tertiary/aromatic N) is 1. The Balaban J connectivity index is 1.52. The van der Waals surface area contributed by atoms with Gasteiger partial charge in [0.2, 0.25) is 0 Å². The summed E-state index contributed by atoms with van der Waals surface area (Å²) in [5.74, 6) is -1.51. The highest BCUT2D eigenvalue weighted by molar-refractivity contribution is 6.53. The maximum Gasteiger partial charge on any atom is 0.283 e. The quantitative estimate of drug-likeness (QED) is 0.541. The molecule has 4 rings (SSSR count). The zero-order valence-corrected chi connectivity index (χ0v) is 19.2. The van der Waals surface area contributed by atoms with Gasteiger partial charge < -0.3 is 10.6 Å². The van der Waals surface area contributed by atoms with Crippen LogP contribution in [0.1, 0.15) is 42.5 Å². The second-order valence-corrected chi connectivity index (χ2v) is 9.03. The largest absolute Gasteiger partial charge is 0.350 e. The number of carbonyl (C=O) groups excluding carboxylic acids is 3. The molecule has 9 heteroatoms. The normalized spacial score (nSPS) is 17.2. The van der Waals surface area contributed by atoms with E-state index >= 15 is 0 Å². The molecule has 2 aliphatic rings. The van der Waals surface area contributed by atoms with Crippen LogP contribution in [0.25, 0.3) is 0 Å². The summed E-state index contributed by atoms with van der Waals surface area (Å²) in [6.45, 7) is 0. The third-order valence-electron chi connectivity index (χ3n) is 5.47. The van der Waals surface area contributed by atoms with Gasteiger partial charge in [-0.25, -0.2) is 4.90 Å². The summed E-state index contributed by atoms with van der Waals surface area (Å²) in [7, 11) is 0. The molecule has 1 fully saturated rings. The van der Waals surface area contributed by atoms with Crippen LogP contribution in [0.15, 0.2) is 53.2 Å². The molecule has 2 N–H and O–H groups in total. The highest BCUT2D eigenvalue weighted by Crippen LogP contribution is 2.33. The molecule has 0 bridgehead atoms. The van der Waals surface area contributed by atoms with Crippen LogP contribution in [0.4, 0.5) is 11.4 Å². The average Bonchev–Trinajstić information content (AvgIpc) is 2.97. The number of carbonyl (C=O) groups is 3. The molecule has 0 aromatic heterocycles. The lowest BCUT2D eigenvalue weighted by atomic mass is 9.95. The Labute approximate surface area is 200 Å². The van der Waals surface area contributed by atoms with Crippen LogP contribution in [0.2, 0.25) is 10.0 Å². The molecular weight excluding hydrogens is 473 g/mol. The molecule has 2 aromatic rings. The molecule has 1 aliphatic carbocycles. The zero-order chi connectivity index (χ0) is 22.8. The maximum atomic E-state index is 13.0. The lowest BCUT2D eigenvalue weighted by Gasteiger charge is -2.22. The molecule has 32 heavy (non-hydrogen) atoms. The molecule has 1 aliphatic heterocycles. The van der Waals surface area contributed by atoms with Crippen molar-refractivity contribution in [3.63, 3.8) is 0 Å². The van der Waals surface area contributed by atoms with Crippen LogP contribution >= 0.6 is 34.8 Å². The van der Waals surface area contributed by atoms with E-state index in [9.17, 15) is 14.4 Å². The lowest BCUT2D eigenvalue weighted by molar-refractivity contribution is -0.120. The van der Waals surface area contributed by atoms with Gasteiger partial charge in [-0.3, -0.25) is 14.4 Å². The van der Waals surface area contributed by atoms with Crippen molar-refractivity contribution in [2.45, 2.75) is 38.1 Å². The van der Waals surface area contributed by atoms with Gasteiger partial charge in [0.05, 0.1) is 5.69 Å². The number of hydrogen-bond acceptors (Lipinski definition) is 4. The zero-order valence-electron chi connectivity index (χ0n) is 17.0. The van der Waals surface area contributed by atoms with E-state index in [1.807, 2.05) is 0 Å². The molecule has 0 atom stereocenters. The minimum Gasteiger partial charge on any atom is -0.350 e. The van der Waals surface area contributed by atoms with E-state index in [0.717, 1.165) is 30.6 Å². The summed E-state index contributed by atoms with van der Waals surface area (Å²) >= 11 is 18.2. The first-order valence-electron chi connectivity index (χ1n) is 10.3. The third-order valence-corrected chi connectivity index (χ3v) is 6.25. The second-order valence-electron chi connectivity index (χ2n) is 7.78. The van der Waals surface area contributed by atoms with Crippen molar-refractivity contribution < 1.29 is 14.4 Å². The van der Waals surface area contributed by atoms with Gasteiger partial charge in [0, 0.05) is 27.3 Å². The number of anilines is 2. The molecule has 0 saturated heterocycles. The van der Waals surface area contributed by atoms with Gasteiger partial charge in [-0.2, -0.15) is 0 Å². The number of hydrogen-bond donors (Lipinski definition) is 2. The van der Waals surface area contributed by atoms with Crippen molar-refractivity contribution in [1.82, 2.24) is 5.32 Å². The molecule has 0 spiro atoms. The molecule has 3 amide bonds. The summed E-state index contributed by atoms with van der Waals surface area (Å²) in [5.41, 5.74) is 1.04. The fourth-order valence-corrected chi connectivity index (χ4v) is 4.64. The number of benzene rings is 2. The fraction of sp³-hybridized carbons (Fsp3) is 0.261. The van der Waals surface area contributed by atoms with Gasteiger partial charge >= 0.3 is 0 Å². The van der Waals surface area contributed by atoms with Crippen molar-refractivity contribution in [2.75, 3.05) is 10.2 Å². The number of nitrogens with one attached hydrogen (secondary N) is 2. The van der Waals surface area contributed by atoms with E-state index in [4.69, 9.17) is 34.8 Å². The highest BCUT2D eigenvalue weighted by Gasteiger charge is 2.39. The van der Waals surface area contributed by atoms with Crippen molar-refractivity contribution in [3.8, 4) is 0 Å². The van der Waals surface area contributed by atoms with Gasteiger partial charge in [-0.15, -0.1) is 0 Å². The maximum absolute atomic E-state index is 13.0. The van der Waals surface area contributed by atoms with Crippen LogP contribution in [0.5, 0.6) is 0 Å². The Bertz CT molecular complexity index is 1110. The van der Waals surface area contributed by atoms with E-state index in [1.54, 1.807) is 24.3 Å². The Morgan fingerprint density at radius 3 is 2.28 bits per heavy atom. The molecule has 6 nitrogen and oxygen atoms in total. The Hall–Kier alpha value is -2.54. The van der Waals surface area contributed by atoms with Crippen molar-refractivity contribution in [1.29, 1.82) is 0 Å². The first kappa shape index (κ1) is 22.6. The molecule has 1 saturated carbocycles. The molecule has 1 heterocycles. The first-order chi connectivity index (χ1) is 15.3. The predicted molar refractivity (Wildman–Crippen MR) is 126 cm³/mol. The summed E-state index contributed by atoms with van der Waals surface area (Å²) in [4.78, 5) is 39.2. The van der Waals surface area contributed by atoms with Crippen LogP contribution in [0, 0.1) is 0 Å². The van der Waals surface area contributed by atoms with Crippen LogP contribution in [-0.4, -0.2) is 23.8 Å². The van der Waals surface area contributed by atoms with Gasteiger partial charge in [0.1, 0.15) is 10.7 Å². The predicted octanol–water partition coefficient (Wildman–Crippen LogP) is 5.49. The minimum absolute atomic E-state index is 0.0856. The van der Waals surface area contributed by atoms with Crippen molar-refractivity contribution in [2.24, 2.45) is 0 Å². The fourth-order valence-electron chi connectivity index (χ4n) is 3.91. The van der Waals surface area contributed by atoms with Gasteiger partial charge in [-0.1, -0.05) is 60.1 Å². The van der Waals surface area contributed by atoms with Gasteiger partial charge in [0.15, 0.2) is 0 Å². The summed E-state index contributed by atoms with van der Waals surface area (Å²) < 4.78 is 0. The summed E-state index contributed by atoms with van der Waals surface area (Å²) in [6, 6.07) is 11.3. The molecule has 166 valence electrons. The first-order valence-corrected chi connectivity index (χ1v) is 11.4.